The monoisotopic (exact) mass is 254 g/mol. The molecule has 0 unspecified atom stereocenters. The number of hydrogen-bond donors (Lipinski definition) is 1. The summed E-state index contributed by atoms with van der Waals surface area (Å²) in [5.74, 6) is 0. The van der Waals surface area contributed by atoms with Crippen LogP contribution in [0.1, 0.15) is 22.4 Å². The third-order valence-corrected chi connectivity index (χ3v) is 4.04. The SMILES string of the molecule is Cc1cc(-c2ccc3c(c2)CNC3)c(C)n(C)c1=O. The zero-order valence-electron chi connectivity index (χ0n) is 11.6. The van der Waals surface area contributed by atoms with Crippen molar-refractivity contribution in [3.05, 3.63) is 57.0 Å². The van der Waals surface area contributed by atoms with E-state index in [2.05, 4.69) is 23.5 Å². The van der Waals surface area contributed by atoms with Crippen LogP contribution in [0.25, 0.3) is 11.1 Å². The van der Waals surface area contributed by atoms with Gasteiger partial charge in [-0.15, -0.1) is 0 Å². The fourth-order valence-electron chi connectivity index (χ4n) is 2.73. The molecule has 0 saturated carbocycles. The summed E-state index contributed by atoms with van der Waals surface area (Å²) in [6.07, 6.45) is 0. The fourth-order valence-corrected chi connectivity index (χ4v) is 2.73. The first kappa shape index (κ1) is 12.2. The zero-order chi connectivity index (χ0) is 13.6. The van der Waals surface area contributed by atoms with Crippen LogP contribution in [0.4, 0.5) is 0 Å². The lowest BCUT2D eigenvalue weighted by Crippen LogP contribution is -2.21. The normalized spacial score (nSPS) is 13.6. The van der Waals surface area contributed by atoms with Gasteiger partial charge in [-0.05, 0) is 42.7 Å². The number of hydrogen-bond acceptors (Lipinski definition) is 2. The van der Waals surface area contributed by atoms with Crippen molar-refractivity contribution in [3.8, 4) is 11.1 Å². The highest BCUT2D eigenvalue weighted by Crippen LogP contribution is 2.27. The summed E-state index contributed by atoms with van der Waals surface area (Å²) in [6.45, 7) is 5.77. The van der Waals surface area contributed by atoms with Crippen molar-refractivity contribution in [2.24, 2.45) is 7.05 Å². The zero-order valence-corrected chi connectivity index (χ0v) is 11.6. The largest absolute Gasteiger partial charge is 0.315 e. The van der Waals surface area contributed by atoms with Gasteiger partial charge in [0, 0.05) is 37.0 Å². The number of nitrogens with one attached hydrogen (secondary N) is 1. The molecule has 3 heteroatoms. The molecule has 0 amide bonds. The quantitative estimate of drug-likeness (QED) is 0.847. The van der Waals surface area contributed by atoms with Crippen LogP contribution in [0.3, 0.4) is 0 Å². The van der Waals surface area contributed by atoms with Crippen molar-refractivity contribution >= 4 is 0 Å². The van der Waals surface area contributed by atoms with E-state index in [0.29, 0.717) is 0 Å². The van der Waals surface area contributed by atoms with Crippen LogP contribution in [0.5, 0.6) is 0 Å². The van der Waals surface area contributed by atoms with Crippen LogP contribution in [0.2, 0.25) is 0 Å². The first-order valence-corrected chi connectivity index (χ1v) is 6.58. The van der Waals surface area contributed by atoms with Crippen LogP contribution >= 0.6 is 0 Å². The molecule has 0 atom stereocenters. The van der Waals surface area contributed by atoms with Gasteiger partial charge >= 0.3 is 0 Å². The van der Waals surface area contributed by atoms with Gasteiger partial charge in [0.2, 0.25) is 0 Å². The van der Waals surface area contributed by atoms with Gasteiger partial charge in [0.1, 0.15) is 0 Å². The number of nitrogens with zero attached hydrogens (tertiary/aromatic N) is 1. The van der Waals surface area contributed by atoms with Gasteiger partial charge in [0.15, 0.2) is 0 Å². The predicted molar refractivity (Wildman–Crippen MR) is 77.1 cm³/mol. The van der Waals surface area contributed by atoms with Crippen molar-refractivity contribution in [3.63, 3.8) is 0 Å². The van der Waals surface area contributed by atoms with Gasteiger partial charge in [0.05, 0.1) is 0 Å². The average Bonchev–Trinajstić information content (AvgIpc) is 2.87. The molecule has 0 spiro atoms. The minimum absolute atomic E-state index is 0.0871. The molecular weight excluding hydrogens is 236 g/mol. The van der Waals surface area contributed by atoms with Crippen LogP contribution < -0.4 is 10.9 Å². The lowest BCUT2D eigenvalue weighted by Gasteiger charge is -2.13. The molecule has 2 heterocycles. The Morgan fingerprint density at radius 3 is 2.63 bits per heavy atom. The summed E-state index contributed by atoms with van der Waals surface area (Å²) in [7, 11) is 1.84. The van der Waals surface area contributed by atoms with E-state index in [9.17, 15) is 4.79 Å². The minimum atomic E-state index is 0.0871. The minimum Gasteiger partial charge on any atom is -0.315 e. The Kier molecular flexibility index (Phi) is 2.79. The maximum Gasteiger partial charge on any atom is 0.253 e. The van der Waals surface area contributed by atoms with Gasteiger partial charge in [-0.25, -0.2) is 0 Å². The highest BCUT2D eigenvalue weighted by molar-refractivity contribution is 5.68. The molecule has 3 rings (SSSR count). The van der Waals surface area contributed by atoms with E-state index in [4.69, 9.17) is 0 Å². The summed E-state index contributed by atoms with van der Waals surface area (Å²) in [6, 6.07) is 8.58. The Balaban J connectivity index is 2.20. The lowest BCUT2D eigenvalue weighted by atomic mass is 9.98. The number of benzene rings is 1. The van der Waals surface area contributed by atoms with Crippen molar-refractivity contribution in [1.29, 1.82) is 0 Å². The van der Waals surface area contributed by atoms with Gasteiger partial charge in [0.25, 0.3) is 5.56 Å². The Morgan fingerprint density at radius 2 is 1.84 bits per heavy atom. The van der Waals surface area contributed by atoms with Crippen molar-refractivity contribution < 1.29 is 0 Å². The second-order valence-electron chi connectivity index (χ2n) is 5.28. The molecule has 0 radical (unpaired) electrons. The molecule has 1 N–H and O–H groups in total. The number of pyridine rings is 1. The Hall–Kier alpha value is -1.87. The van der Waals surface area contributed by atoms with Gasteiger partial charge in [-0.3, -0.25) is 4.79 Å². The van der Waals surface area contributed by atoms with E-state index >= 15 is 0 Å². The third-order valence-electron chi connectivity index (χ3n) is 4.04. The molecule has 1 aliphatic heterocycles. The number of fused-ring (bicyclic) bond motifs is 1. The topological polar surface area (TPSA) is 34.0 Å². The van der Waals surface area contributed by atoms with Gasteiger partial charge in [-0.1, -0.05) is 12.1 Å². The summed E-state index contributed by atoms with van der Waals surface area (Å²) in [5, 5.41) is 3.36. The molecule has 19 heavy (non-hydrogen) atoms. The lowest BCUT2D eigenvalue weighted by molar-refractivity contribution is 0.765. The Bertz CT molecular complexity index is 713. The Morgan fingerprint density at radius 1 is 1.11 bits per heavy atom. The molecule has 2 aromatic rings. The number of rotatable bonds is 1. The average molecular weight is 254 g/mol. The van der Waals surface area contributed by atoms with Crippen LogP contribution in [-0.4, -0.2) is 4.57 Å². The van der Waals surface area contributed by atoms with E-state index < -0.39 is 0 Å². The highest BCUT2D eigenvalue weighted by Gasteiger charge is 2.13. The molecule has 1 aromatic carbocycles. The summed E-state index contributed by atoms with van der Waals surface area (Å²) < 4.78 is 1.73. The van der Waals surface area contributed by atoms with Crippen LogP contribution in [0, 0.1) is 13.8 Å². The summed E-state index contributed by atoms with van der Waals surface area (Å²) in [4.78, 5) is 11.9. The third kappa shape index (κ3) is 1.90. The van der Waals surface area contributed by atoms with Crippen molar-refractivity contribution in [2.75, 3.05) is 0 Å². The van der Waals surface area contributed by atoms with E-state index in [1.165, 1.54) is 16.7 Å². The van der Waals surface area contributed by atoms with E-state index in [-0.39, 0.29) is 5.56 Å². The first-order chi connectivity index (χ1) is 9.08. The standard InChI is InChI=1S/C16H18N2O/c1-10-6-15(11(2)18(3)16(10)19)12-4-5-13-8-17-9-14(13)7-12/h4-7,17H,8-9H2,1-3H3. The molecule has 0 bridgehead atoms. The van der Waals surface area contributed by atoms with Crippen molar-refractivity contribution in [2.45, 2.75) is 26.9 Å². The summed E-state index contributed by atoms with van der Waals surface area (Å²) in [5.41, 5.74) is 6.98. The maximum atomic E-state index is 11.9. The molecule has 0 fully saturated rings. The molecule has 1 aliphatic rings. The molecule has 1 aromatic heterocycles. The van der Waals surface area contributed by atoms with E-state index in [0.717, 1.165) is 29.9 Å². The highest BCUT2D eigenvalue weighted by atomic mass is 16.1. The second-order valence-corrected chi connectivity index (χ2v) is 5.28. The van der Waals surface area contributed by atoms with Gasteiger partial charge in [-0.2, -0.15) is 0 Å². The predicted octanol–water partition coefficient (Wildman–Crippen LogP) is 2.27. The number of aryl methyl sites for hydroxylation is 1. The molecule has 0 saturated heterocycles. The first-order valence-electron chi connectivity index (χ1n) is 6.58. The van der Waals surface area contributed by atoms with Gasteiger partial charge < -0.3 is 9.88 Å². The smallest absolute Gasteiger partial charge is 0.253 e. The van der Waals surface area contributed by atoms with Crippen LogP contribution in [-0.2, 0) is 20.1 Å². The number of aromatic nitrogens is 1. The van der Waals surface area contributed by atoms with Crippen LogP contribution in [0.15, 0.2) is 29.1 Å². The van der Waals surface area contributed by atoms with Crippen molar-refractivity contribution in [1.82, 2.24) is 9.88 Å². The van der Waals surface area contributed by atoms with E-state index in [1.807, 2.05) is 27.0 Å². The summed E-state index contributed by atoms with van der Waals surface area (Å²) >= 11 is 0. The second kappa shape index (κ2) is 4.35. The Labute approximate surface area is 112 Å². The van der Waals surface area contributed by atoms with E-state index in [1.54, 1.807) is 4.57 Å². The molecule has 0 aliphatic carbocycles. The molecule has 3 nitrogen and oxygen atoms in total. The fraction of sp³-hybridized carbons (Fsp3) is 0.312. The molecule has 98 valence electrons. The molecular formula is C16H18N2O. The maximum absolute atomic E-state index is 11.9.